The Morgan fingerprint density at radius 3 is 2.45 bits per heavy atom. The zero-order chi connectivity index (χ0) is 22.5. The number of unbranched alkanes of at least 4 members (excludes halogenated alkanes) is 1. The maximum Gasteiger partial charge on any atom is 0.242 e. The highest BCUT2D eigenvalue weighted by Crippen LogP contribution is 2.16. The van der Waals surface area contributed by atoms with E-state index in [0.717, 1.165) is 24.2 Å². The molecule has 0 aromatic heterocycles. The Hall–Kier alpha value is -2.53. The molecule has 6 heteroatoms. The lowest BCUT2D eigenvalue weighted by atomic mass is 10.1. The van der Waals surface area contributed by atoms with Gasteiger partial charge in [0.15, 0.2) is 0 Å². The summed E-state index contributed by atoms with van der Waals surface area (Å²) in [7, 11) is 0. The van der Waals surface area contributed by atoms with E-state index in [2.05, 4.69) is 12.2 Å². The number of benzene rings is 2. The third-order valence-electron chi connectivity index (χ3n) is 5.10. The largest absolute Gasteiger partial charge is 0.494 e. The second kappa shape index (κ2) is 13.7. The van der Waals surface area contributed by atoms with Gasteiger partial charge in [-0.1, -0.05) is 55.3 Å². The first kappa shape index (κ1) is 24.7. The zero-order valence-corrected chi connectivity index (χ0v) is 19.2. The molecule has 0 spiro atoms. The van der Waals surface area contributed by atoms with Gasteiger partial charge in [-0.3, -0.25) is 9.59 Å². The second-order valence-electron chi connectivity index (χ2n) is 7.55. The molecule has 0 saturated heterocycles. The van der Waals surface area contributed by atoms with Crippen molar-refractivity contribution in [2.45, 2.75) is 52.0 Å². The van der Waals surface area contributed by atoms with Gasteiger partial charge >= 0.3 is 0 Å². The van der Waals surface area contributed by atoms with E-state index >= 15 is 0 Å². The summed E-state index contributed by atoms with van der Waals surface area (Å²) in [6.07, 6.45) is 3.56. The van der Waals surface area contributed by atoms with E-state index in [4.69, 9.17) is 16.3 Å². The van der Waals surface area contributed by atoms with E-state index in [1.165, 1.54) is 0 Å². The highest BCUT2D eigenvalue weighted by Gasteiger charge is 2.25. The van der Waals surface area contributed by atoms with Crippen LogP contribution in [0.4, 0.5) is 0 Å². The van der Waals surface area contributed by atoms with Crippen molar-refractivity contribution in [2.75, 3.05) is 19.7 Å². The summed E-state index contributed by atoms with van der Waals surface area (Å²) < 4.78 is 5.69. The first-order valence-electron chi connectivity index (χ1n) is 11.0. The molecule has 0 saturated carbocycles. The van der Waals surface area contributed by atoms with Gasteiger partial charge in [-0.2, -0.15) is 0 Å². The van der Waals surface area contributed by atoms with Crippen LogP contribution in [0.1, 0.15) is 45.1 Å². The number of rotatable bonds is 13. The van der Waals surface area contributed by atoms with Crippen molar-refractivity contribution in [3.63, 3.8) is 0 Å². The fourth-order valence-corrected chi connectivity index (χ4v) is 3.32. The minimum absolute atomic E-state index is 0.0335. The fourth-order valence-electron chi connectivity index (χ4n) is 3.19. The molecule has 0 radical (unpaired) electrons. The number of carbonyl (C=O) groups is 2. The van der Waals surface area contributed by atoms with Gasteiger partial charge in [0.25, 0.3) is 0 Å². The van der Waals surface area contributed by atoms with Crippen molar-refractivity contribution in [3.8, 4) is 5.75 Å². The number of hydrogen-bond acceptors (Lipinski definition) is 3. The number of nitrogens with zero attached hydrogens (tertiary/aromatic N) is 1. The average Bonchev–Trinajstić information content (AvgIpc) is 2.78. The van der Waals surface area contributed by atoms with Gasteiger partial charge < -0.3 is 15.0 Å². The van der Waals surface area contributed by atoms with Gasteiger partial charge in [-0.25, -0.2) is 0 Å². The lowest BCUT2D eigenvalue weighted by Crippen LogP contribution is -2.49. The molecule has 0 bridgehead atoms. The third-order valence-corrected chi connectivity index (χ3v) is 5.35. The molecule has 0 aliphatic heterocycles. The predicted octanol–water partition coefficient (Wildman–Crippen LogP) is 4.88. The van der Waals surface area contributed by atoms with Crippen LogP contribution in [0.3, 0.4) is 0 Å². The van der Waals surface area contributed by atoms with Crippen LogP contribution in [0.5, 0.6) is 5.75 Å². The summed E-state index contributed by atoms with van der Waals surface area (Å²) in [5.41, 5.74) is 1.14. The number of carbonyl (C=O) groups excluding carboxylic acids is 2. The number of halogens is 1. The van der Waals surface area contributed by atoms with Crippen LogP contribution in [0.2, 0.25) is 5.02 Å². The molecule has 0 aliphatic carbocycles. The van der Waals surface area contributed by atoms with Crippen LogP contribution in [0.15, 0.2) is 54.6 Å². The topological polar surface area (TPSA) is 58.6 Å². The summed E-state index contributed by atoms with van der Waals surface area (Å²) in [5, 5.41) is 3.60. The molecule has 5 nitrogen and oxygen atoms in total. The first-order valence-corrected chi connectivity index (χ1v) is 11.4. The maximum absolute atomic E-state index is 13.0. The van der Waals surface area contributed by atoms with Crippen LogP contribution in [-0.4, -0.2) is 42.5 Å². The zero-order valence-electron chi connectivity index (χ0n) is 18.5. The Bertz CT molecular complexity index is 796. The number of nitrogens with one attached hydrogen (secondary N) is 1. The van der Waals surface area contributed by atoms with Crippen LogP contribution in [0.25, 0.3) is 0 Å². The Balaban J connectivity index is 1.90. The molecule has 1 atom stereocenters. The van der Waals surface area contributed by atoms with Crippen molar-refractivity contribution >= 4 is 23.4 Å². The summed E-state index contributed by atoms with van der Waals surface area (Å²) in [5.74, 6) is 0.586. The second-order valence-corrected chi connectivity index (χ2v) is 7.99. The predicted molar refractivity (Wildman–Crippen MR) is 125 cm³/mol. The standard InChI is InChI=1S/C25H33ClN2O3/c1-3-4-17-27-25(30)20(2)28(18-16-21-9-6-5-7-10-21)24(29)11-8-19-31-23-14-12-22(26)13-15-23/h5-7,9-10,12-15,20H,3-4,8,11,16-19H2,1-2H3,(H,27,30)/t20-/m1/s1. The number of amides is 2. The molecule has 1 N–H and O–H groups in total. The van der Waals surface area contributed by atoms with Gasteiger partial charge in [0.2, 0.25) is 11.8 Å². The molecule has 2 amide bonds. The fraction of sp³-hybridized carbons (Fsp3) is 0.440. The van der Waals surface area contributed by atoms with Crippen LogP contribution in [-0.2, 0) is 16.0 Å². The van der Waals surface area contributed by atoms with Gasteiger partial charge in [0.05, 0.1) is 6.61 Å². The molecule has 168 valence electrons. The SMILES string of the molecule is CCCCNC(=O)[C@@H](C)N(CCc1ccccc1)C(=O)CCCOc1ccc(Cl)cc1. The van der Waals surface area contributed by atoms with Crippen molar-refractivity contribution in [1.82, 2.24) is 10.2 Å². The molecule has 31 heavy (non-hydrogen) atoms. The molecule has 2 aromatic carbocycles. The van der Waals surface area contributed by atoms with Gasteiger partial charge in [-0.05, 0) is 56.0 Å². The third kappa shape index (κ3) is 9.01. The first-order chi connectivity index (χ1) is 15.0. The molecular formula is C25H33ClN2O3. The summed E-state index contributed by atoms with van der Waals surface area (Å²) in [6.45, 7) is 5.45. The van der Waals surface area contributed by atoms with E-state index in [9.17, 15) is 9.59 Å². The van der Waals surface area contributed by atoms with Gasteiger partial charge in [0, 0.05) is 24.5 Å². The van der Waals surface area contributed by atoms with E-state index in [-0.39, 0.29) is 11.8 Å². The normalized spacial score (nSPS) is 11.6. The quantitative estimate of drug-likeness (QED) is 0.448. The van der Waals surface area contributed by atoms with Gasteiger partial charge in [0.1, 0.15) is 11.8 Å². The number of ether oxygens (including phenoxy) is 1. The van der Waals surface area contributed by atoms with E-state index in [1.54, 1.807) is 36.1 Å². The Kier molecular flexibility index (Phi) is 10.9. The minimum atomic E-state index is -0.509. The lowest BCUT2D eigenvalue weighted by molar-refractivity contribution is -0.140. The molecule has 0 aliphatic rings. The Morgan fingerprint density at radius 2 is 1.77 bits per heavy atom. The van der Waals surface area contributed by atoms with Gasteiger partial charge in [-0.15, -0.1) is 0 Å². The average molecular weight is 445 g/mol. The molecule has 0 unspecified atom stereocenters. The van der Waals surface area contributed by atoms with Crippen LogP contribution >= 0.6 is 11.6 Å². The van der Waals surface area contributed by atoms with Crippen molar-refractivity contribution in [3.05, 3.63) is 65.2 Å². The molecular weight excluding hydrogens is 412 g/mol. The molecule has 2 rings (SSSR count). The van der Waals surface area contributed by atoms with E-state index in [1.807, 2.05) is 30.3 Å². The lowest BCUT2D eigenvalue weighted by Gasteiger charge is -2.29. The van der Waals surface area contributed by atoms with Crippen LogP contribution < -0.4 is 10.1 Å². The Labute approximate surface area is 190 Å². The van der Waals surface area contributed by atoms with Crippen molar-refractivity contribution in [2.24, 2.45) is 0 Å². The molecule has 2 aromatic rings. The van der Waals surface area contributed by atoms with E-state index in [0.29, 0.717) is 44.0 Å². The summed E-state index contributed by atoms with van der Waals surface area (Å²) >= 11 is 5.88. The van der Waals surface area contributed by atoms with E-state index < -0.39 is 6.04 Å². The van der Waals surface area contributed by atoms with Crippen LogP contribution in [0, 0.1) is 0 Å². The minimum Gasteiger partial charge on any atom is -0.494 e. The highest BCUT2D eigenvalue weighted by atomic mass is 35.5. The monoisotopic (exact) mass is 444 g/mol. The Morgan fingerprint density at radius 1 is 1.06 bits per heavy atom. The number of hydrogen-bond donors (Lipinski definition) is 1. The van der Waals surface area contributed by atoms with Crippen molar-refractivity contribution in [1.29, 1.82) is 0 Å². The highest BCUT2D eigenvalue weighted by molar-refractivity contribution is 6.30. The smallest absolute Gasteiger partial charge is 0.242 e. The summed E-state index contributed by atoms with van der Waals surface area (Å²) in [6, 6.07) is 16.6. The maximum atomic E-state index is 13.0. The summed E-state index contributed by atoms with van der Waals surface area (Å²) in [4.78, 5) is 27.2. The molecule has 0 heterocycles. The van der Waals surface area contributed by atoms with Crippen molar-refractivity contribution < 1.29 is 14.3 Å². The molecule has 0 fully saturated rings.